The molecule has 94 valence electrons. The topological polar surface area (TPSA) is 12.9 Å². The van der Waals surface area contributed by atoms with E-state index in [0.29, 0.717) is 0 Å². The summed E-state index contributed by atoms with van der Waals surface area (Å²) in [5.74, 6) is 0. The van der Waals surface area contributed by atoms with Gasteiger partial charge >= 0.3 is 0 Å². The van der Waals surface area contributed by atoms with Gasteiger partial charge in [-0.3, -0.25) is 4.98 Å². The Balaban J connectivity index is 2.09. The third-order valence-electron chi connectivity index (χ3n) is 3.72. The van der Waals surface area contributed by atoms with Gasteiger partial charge in [0, 0.05) is 18.0 Å². The third-order valence-corrected chi connectivity index (χ3v) is 3.72. The highest BCUT2D eigenvalue weighted by Gasteiger charge is 2.05. The molecule has 1 nitrogen and oxygen atoms in total. The highest BCUT2D eigenvalue weighted by atomic mass is 14.6. The van der Waals surface area contributed by atoms with Crippen molar-refractivity contribution >= 4 is 21.5 Å². The molecule has 1 heteroatoms. The highest BCUT2D eigenvalue weighted by molar-refractivity contribution is 6.04. The van der Waals surface area contributed by atoms with Crippen LogP contribution in [-0.4, -0.2) is 4.98 Å². The lowest BCUT2D eigenvalue weighted by atomic mass is 9.96. The lowest BCUT2D eigenvalue weighted by Gasteiger charge is -2.08. The Bertz CT molecular complexity index is 895. The summed E-state index contributed by atoms with van der Waals surface area (Å²) >= 11 is 0. The summed E-state index contributed by atoms with van der Waals surface area (Å²) in [6.45, 7) is 0. The summed E-state index contributed by atoms with van der Waals surface area (Å²) in [6.07, 6.45) is 3.73. The van der Waals surface area contributed by atoms with Crippen molar-refractivity contribution in [2.45, 2.75) is 0 Å². The van der Waals surface area contributed by atoms with Crippen molar-refractivity contribution in [1.82, 2.24) is 4.98 Å². The van der Waals surface area contributed by atoms with Crippen LogP contribution in [0.15, 0.2) is 79.1 Å². The Kier molecular flexibility index (Phi) is 2.49. The predicted molar refractivity (Wildman–Crippen MR) is 84.7 cm³/mol. The molecule has 0 saturated carbocycles. The second-order valence-corrected chi connectivity index (χ2v) is 4.97. The SMILES string of the molecule is c1cncc(-c2cccc3cc4ccccc4cc23)c1. The van der Waals surface area contributed by atoms with E-state index < -0.39 is 0 Å². The number of hydrogen-bond donors (Lipinski definition) is 0. The number of rotatable bonds is 1. The van der Waals surface area contributed by atoms with Gasteiger partial charge < -0.3 is 0 Å². The van der Waals surface area contributed by atoms with Gasteiger partial charge in [0.2, 0.25) is 0 Å². The average molecular weight is 255 g/mol. The van der Waals surface area contributed by atoms with Gasteiger partial charge in [-0.1, -0.05) is 48.5 Å². The van der Waals surface area contributed by atoms with Crippen molar-refractivity contribution in [3.63, 3.8) is 0 Å². The minimum absolute atomic E-state index is 1.16. The lowest BCUT2D eigenvalue weighted by molar-refractivity contribution is 1.33. The van der Waals surface area contributed by atoms with Gasteiger partial charge in [-0.15, -0.1) is 0 Å². The van der Waals surface area contributed by atoms with Gasteiger partial charge in [-0.25, -0.2) is 0 Å². The molecule has 4 aromatic rings. The maximum absolute atomic E-state index is 4.23. The number of benzene rings is 3. The maximum Gasteiger partial charge on any atom is 0.0346 e. The number of pyridine rings is 1. The van der Waals surface area contributed by atoms with Crippen molar-refractivity contribution in [3.05, 3.63) is 79.1 Å². The second kappa shape index (κ2) is 4.46. The molecule has 0 spiro atoms. The molecule has 0 radical (unpaired) electrons. The van der Waals surface area contributed by atoms with Crippen LogP contribution in [-0.2, 0) is 0 Å². The molecule has 0 atom stereocenters. The normalized spacial score (nSPS) is 11.0. The van der Waals surface area contributed by atoms with Crippen LogP contribution in [0.3, 0.4) is 0 Å². The molecule has 0 aliphatic carbocycles. The van der Waals surface area contributed by atoms with Gasteiger partial charge in [0.15, 0.2) is 0 Å². The van der Waals surface area contributed by atoms with Crippen LogP contribution in [0.1, 0.15) is 0 Å². The van der Waals surface area contributed by atoms with Gasteiger partial charge in [0.1, 0.15) is 0 Å². The molecule has 0 N–H and O–H groups in total. The summed E-state index contributed by atoms with van der Waals surface area (Å²) in [5.41, 5.74) is 2.40. The summed E-state index contributed by atoms with van der Waals surface area (Å²) < 4.78 is 0. The summed E-state index contributed by atoms with van der Waals surface area (Å²) in [4.78, 5) is 4.23. The van der Waals surface area contributed by atoms with E-state index in [9.17, 15) is 0 Å². The van der Waals surface area contributed by atoms with E-state index >= 15 is 0 Å². The molecule has 0 fully saturated rings. The predicted octanol–water partition coefficient (Wildman–Crippen LogP) is 5.06. The fourth-order valence-electron chi connectivity index (χ4n) is 2.74. The number of nitrogens with zero attached hydrogens (tertiary/aromatic N) is 1. The summed E-state index contributed by atoms with van der Waals surface area (Å²) in [7, 11) is 0. The fourth-order valence-corrected chi connectivity index (χ4v) is 2.74. The zero-order valence-electron chi connectivity index (χ0n) is 11.0. The standard InChI is InChI=1S/C19H13N/c1-2-6-15-12-19-16(11-14(15)5-1)7-3-9-18(19)17-8-4-10-20-13-17/h1-13H. The largest absolute Gasteiger partial charge is 0.264 e. The Morgan fingerprint density at radius 1 is 0.650 bits per heavy atom. The molecule has 0 unspecified atom stereocenters. The maximum atomic E-state index is 4.23. The second-order valence-electron chi connectivity index (χ2n) is 4.97. The zero-order valence-corrected chi connectivity index (χ0v) is 11.0. The molecule has 0 aliphatic rings. The Morgan fingerprint density at radius 3 is 2.25 bits per heavy atom. The fraction of sp³-hybridized carbons (Fsp3) is 0. The van der Waals surface area contributed by atoms with Crippen molar-refractivity contribution < 1.29 is 0 Å². The highest BCUT2D eigenvalue weighted by Crippen LogP contribution is 2.31. The van der Waals surface area contributed by atoms with Gasteiger partial charge in [-0.2, -0.15) is 0 Å². The van der Waals surface area contributed by atoms with Crippen LogP contribution in [0.2, 0.25) is 0 Å². The van der Waals surface area contributed by atoms with E-state index in [-0.39, 0.29) is 0 Å². The lowest BCUT2D eigenvalue weighted by Crippen LogP contribution is -1.83. The molecule has 0 aliphatic heterocycles. The van der Waals surface area contributed by atoms with Crippen LogP contribution in [0.4, 0.5) is 0 Å². The first-order valence-electron chi connectivity index (χ1n) is 6.74. The molecule has 0 amide bonds. The average Bonchev–Trinajstić information content (AvgIpc) is 2.53. The first kappa shape index (κ1) is 11.2. The molecular weight excluding hydrogens is 242 g/mol. The monoisotopic (exact) mass is 255 g/mol. The minimum atomic E-state index is 1.16. The van der Waals surface area contributed by atoms with Crippen LogP contribution in [0.25, 0.3) is 32.7 Å². The van der Waals surface area contributed by atoms with Crippen LogP contribution < -0.4 is 0 Å². The third kappa shape index (κ3) is 1.76. The van der Waals surface area contributed by atoms with E-state index in [1.165, 1.54) is 27.1 Å². The van der Waals surface area contributed by atoms with Crippen molar-refractivity contribution in [1.29, 1.82) is 0 Å². The van der Waals surface area contributed by atoms with Crippen molar-refractivity contribution in [2.24, 2.45) is 0 Å². The first-order valence-corrected chi connectivity index (χ1v) is 6.74. The van der Waals surface area contributed by atoms with Crippen molar-refractivity contribution in [2.75, 3.05) is 0 Å². The van der Waals surface area contributed by atoms with Crippen LogP contribution in [0, 0.1) is 0 Å². The molecule has 0 bridgehead atoms. The molecule has 3 aromatic carbocycles. The van der Waals surface area contributed by atoms with Gasteiger partial charge in [0.25, 0.3) is 0 Å². The number of hydrogen-bond acceptors (Lipinski definition) is 1. The Morgan fingerprint density at radius 2 is 1.45 bits per heavy atom. The van der Waals surface area contributed by atoms with Crippen LogP contribution >= 0.6 is 0 Å². The minimum Gasteiger partial charge on any atom is -0.264 e. The van der Waals surface area contributed by atoms with E-state index in [4.69, 9.17) is 0 Å². The number of fused-ring (bicyclic) bond motifs is 2. The Labute approximate surface area is 117 Å². The van der Waals surface area contributed by atoms with E-state index in [1.807, 2.05) is 18.5 Å². The molecule has 4 rings (SSSR count). The van der Waals surface area contributed by atoms with Gasteiger partial charge in [0.05, 0.1) is 0 Å². The van der Waals surface area contributed by atoms with E-state index in [2.05, 4.69) is 65.6 Å². The molecule has 20 heavy (non-hydrogen) atoms. The molecular formula is C19H13N. The van der Waals surface area contributed by atoms with Crippen molar-refractivity contribution in [3.8, 4) is 11.1 Å². The molecule has 0 saturated heterocycles. The van der Waals surface area contributed by atoms with E-state index in [1.54, 1.807) is 0 Å². The molecule has 1 heterocycles. The summed E-state index contributed by atoms with van der Waals surface area (Å²) in [5, 5.41) is 5.10. The quantitative estimate of drug-likeness (QED) is 0.433. The smallest absolute Gasteiger partial charge is 0.0346 e. The Hall–Kier alpha value is -2.67. The van der Waals surface area contributed by atoms with Crippen LogP contribution in [0.5, 0.6) is 0 Å². The van der Waals surface area contributed by atoms with Gasteiger partial charge in [-0.05, 0) is 45.3 Å². The zero-order chi connectivity index (χ0) is 13.4. The first-order chi connectivity index (χ1) is 9.92. The molecule has 1 aromatic heterocycles. The summed E-state index contributed by atoms with van der Waals surface area (Å²) in [6, 6.07) is 23.5. The number of aromatic nitrogens is 1. The van der Waals surface area contributed by atoms with E-state index in [0.717, 1.165) is 5.56 Å².